The second-order valence-electron chi connectivity index (χ2n) is 6.60. The third kappa shape index (κ3) is 3.73. The molecular formula is C21H21N5O2. The fourth-order valence-corrected chi connectivity index (χ4v) is 3.11. The van der Waals surface area contributed by atoms with E-state index in [0.717, 1.165) is 35.1 Å². The van der Waals surface area contributed by atoms with E-state index < -0.39 is 0 Å². The van der Waals surface area contributed by atoms with Crippen molar-refractivity contribution >= 4 is 28.9 Å². The van der Waals surface area contributed by atoms with E-state index in [2.05, 4.69) is 25.5 Å². The van der Waals surface area contributed by atoms with E-state index >= 15 is 0 Å². The molecule has 0 spiro atoms. The molecule has 1 aliphatic heterocycles. The molecule has 0 bridgehead atoms. The fourth-order valence-electron chi connectivity index (χ4n) is 3.11. The molecule has 2 heterocycles. The van der Waals surface area contributed by atoms with Gasteiger partial charge in [0.25, 0.3) is 5.91 Å². The Morgan fingerprint density at radius 3 is 2.89 bits per heavy atom. The lowest BCUT2D eigenvalue weighted by molar-refractivity contribution is 0.102. The molecule has 2 aromatic carbocycles. The second kappa shape index (κ2) is 7.56. The van der Waals surface area contributed by atoms with Gasteiger partial charge in [-0.1, -0.05) is 12.1 Å². The Morgan fingerprint density at radius 2 is 2.04 bits per heavy atom. The van der Waals surface area contributed by atoms with Crippen molar-refractivity contribution in [1.82, 2.24) is 9.97 Å². The van der Waals surface area contributed by atoms with Crippen molar-refractivity contribution in [3.63, 3.8) is 0 Å². The van der Waals surface area contributed by atoms with Gasteiger partial charge in [-0.3, -0.25) is 4.79 Å². The Labute approximate surface area is 163 Å². The highest BCUT2D eigenvalue weighted by atomic mass is 16.5. The molecule has 28 heavy (non-hydrogen) atoms. The summed E-state index contributed by atoms with van der Waals surface area (Å²) in [5, 5.41) is 6.13. The van der Waals surface area contributed by atoms with Crippen molar-refractivity contribution in [3.8, 4) is 5.75 Å². The van der Waals surface area contributed by atoms with E-state index in [1.54, 1.807) is 18.3 Å². The van der Waals surface area contributed by atoms with E-state index in [-0.39, 0.29) is 5.91 Å². The lowest BCUT2D eigenvalue weighted by atomic mass is 10.1. The summed E-state index contributed by atoms with van der Waals surface area (Å²) in [5.41, 5.74) is 3.77. The van der Waals surface area contributed by atoms with Gasteiger partial charge in [0.05, 0.1) is 12.2 Å². The molecule has 7 nitrogen and oxygen atoms in total. The number of nitrogens with one attached hydrogen (secondary N) is 2. The normalized spacial score (nSPS) is 12.7. The summed E-state index contributed by atoms with van der Waals surface area (Å²) in [6, 6.07) is 14.7. The number of fused-ring (bicyclic) bond motifs is 1. The number of likely N-dealkylation sites (N-methyl/N-ethyl adjacent to an activating group) is 1. The number of hydrogen-bond acceptors (Lipinski definition) is 6. The van der Waals surface area contributed by atoms with Crippen LogP contribution in [0.2, 0.25) is 0 Å². The number of aromatic nitrogens is 2. The Hall–Kier alpha value is -3.61. The number of para-hydroxylation sites is 1. The van der Waals surface area contributed by atoms with E-state index in [1.807, 2.05) is 50.4 Å². The van der Waals surface area contributed by atoms with Gasteiger partial charge in [0.1, 0.15) is 18.0 Å². The highest BCUT2D eigenvalue weighted by molar-refractivity contribution is 6.07. The molecule has 142 valence electrons. The highest BCUT2D eigenvalue weighted by Crippen LogP contribution is 2.37. The van der Waals surface area contributed by atoms with Gasteiger partial charge in [0.15, 0.2) is 0 Å². The van der Waals surface area contributed by atoms with Crippen LogP contribution >= 0.6 is 0 Å². The predicted molar refractivity (Wildman–Crippen MR) is 110 cm³/mol. The molecule has 0 atom stereocenters. The maximum absolute atomic E-state index is 12.8. The monoisotopic (exact) mass is 375 g/mol. The minimum absolute atomic E-state index is 0.193. The van der Waals surface area contributed by atoms with E-state index in [9.17, 15) is 4.79 Å². The van der Waals surface area contributed by atoms with Crippen molar-refractivity contribution in [2.75, 3.05) is 35.7 Å². The number of rotatable bonds is 4. The molecule has 0 aliphatic carbocycles. The molecule has 1 aromatic heterocycles. The quantitative estimate of drug-likeness (QED) is 0.725. The zero-order valence-corrected chi connectivity index (χ0v) is 15.8. The zero-order valence-electron chi connectivity index (χ0n) is 15.8. The summed E-state index contributed by atoms with van der Waals surface area (Å²) >= 11 is 0. The van der Waals surface area contributed by atoms with Crippen molar-refractivity contribution in [3.05, 3.63) is 66.0 Å². The van der Waals surface area contributed by atoms with Crippen LogP contribution in [0.1, 0.15) is 16.1 Å². The maximum atomic E-state index is 12.8. The predicted octanol–water partition coefficient (Wildman–Crippen LogP) is 3.61. The molecule has 2 N–H and O–H groups in total. The number of anilines is 4. The number of carbonyl (C=O) groups is 1. The van der Waals surface area contributed by atoms with Crippen LogP contribution in [0.3, 0.4) is 0 Å². The van der Waals surface area contributed by atoms with Gasteiger partial charge < -0.3 is 20.3 Å². The molecule has 4 rings (SSSR count). The minimum Gasteiger partial charge on any atom is -0.489 e. The van der Waals surface area contributed by atoms with Gasteiger partial charge in [-0.15, -0.1) is 0 Å². The van der Waals surface area contributed by atoms with Gasteiger partial charge in [0, 0.05) is 30.2 Å². The Kier molecular flexibility index (Phi) is 4.80. The van der Waals surface area contributed by atoms with Gasteiger partial charge >= 0.3 is 0 Å². The number of aryl methyl sites for hydroxylation is 1. The second-order valence-corrected chi connectivity index (χ2v) is 6.60. The maximum Gasteiger partial charge on any atom is 0.255 e. The number of benzene rings is 2. The standard InChI is InChI=1S/C21H21N5O2/c1-14-9-10-22-21(23-14)24-16-6-3-5-15(13-16)20(27)25-17-7-4-8-18-19(17)26(2)11-12-28-18/h3-10,13H,11-12H2,1-2H3,(H,25,27)(H,22,23,24). The summed E-state index contributed by atoms with van der Waals surface area (Å²) in [4.78, 5) is 23.4. The van der Waals surface area contributed by atoms with Crippen LogP contribution < -0.4 is 20.3 Å². The van der Waals surface area contributed by atoms with Crippen molar-refractivity contribution in [2.24, 2.45) is 0 Å². The van der Waals surface area contributed by atoms with Crippen LogP contribution in [0.4, 0.5) is 23.0 Å². The van der Waals surface area contributed by atoms with Gasteiger partial charge in [-0.05, 0) is 43.3 Å². The Bertz CT molecular complexity index is 1020. The molecule has 0 fully saturated rings. The van der Waals surface area contributed by atoms with Crippen LogP contribution in [0.5, 0.6) is 5.75 Å². The first-order chi connectivity index (χ1) is 13.6. The third-order valence-corrected chi connectivity index (χ3v) is 4.49. The van der Waals surface area contributed by atoms with E-state index in [1.165, 1.54) is 0 Å². The summed E-state index contributed by atoms with van der Waals surface area (Å²) < 4.78 is 5.70. The summed E-state index contributed by atoms with van der Waals surface area (Å²) in [6.07, 6.45) is 1.69. The summed E-state index contributed by atoms with van der Waals surface area (Å²) in [6.45, 7) is 3.31. The third-order valence-electron chi connectivity index (χ3n) is 4.49. The molecule has 0 saturated carbocycles. The zero-order chi connectivity index (χ0) is 19.5. The lowest BCUT2D eigenvalue weighted by Crippen LogP contribution is -2.30. The number of amides is 1. The first-order valence-corrected chi connectivity index (χ1v) is 9.05. The molecule has 0 saturated heterocycles. The topological polar surface area (TPSA) is 79.4 Å². The van der Waals surface area contributed by atoms with E-state index in [0.29, 0.717) is 18.1 Å². The van der Waals surface area contributed by atoms with Crippen LogP contribution in [0.25, 0.3) is 0 Å². The average molecular weight is 375 g/mol. The molecular weight excluding hydrogens is 354 g/mol. The largest absolute Gasteiger partial charge is 0.489 e. The lowest BCUT2D eigenvalue weighted by Gasteiger charge is -2.29. The Morgan fingerprint density at radius 1 is 1.18 bits per heavy atom. The van der Waals surface area contributed by atoms with Gasteiger partial charge in [-0.25, -0.2) is 9.97 Å². The molecule has 3 aromatic rings. The number of nitrogens with zero attached hydrogens (tertiary/aromatic N) is 3. The first-order valence-electron chi connectivity index (χ1n) is 9.05. The number of ether oxygens (including phenoxy) is 1. The SMILES string of the molecule is Cc1ccnc(Nc2cccc(C(=O)Nc3cccc4c3N(C)CCO4)c2)n1. The Balaban J connectivity index is 1.55. The van der Waals surface area contributed by atoms with Crippen molar-refractivity contribution in [1.29, 1.82) is 0 Å². The summed E-state index contributed by atoms with van der Waals surface area (Å²) in [5.74, 6) is 1.08. The van der Waals surface area contributed by atoms with Gasteiger partial charge in [-0.2, -0.15) is 0 Å². The van der Waals surface area contributed by atoms with Crippen molar-refractivity contribution < 1.29 is 9.53 Å². The highest BCUT2D eigenvalue weighted by Gasteiger charge is 2.20. The smallest absolute Gasteiger partial charge is 0.255 e. The molecule has 1 amide bonds. The number of hydrogen-bond donors (Lipinski definition) is 2. The van der Waals surface area contributed by atoms with Crippen LogP contribution in [0, 0.1) is 6.92 Å². The minimum atomic E-state index is -0.193. The van der Waals surface area contributed by atoms with Crippen LogP contribution in [0.15, 0.2) is 54.7 Å². The fraction of sp³-hybridized carbons (Fsp3) is 0.190. The average Bonchev–Trinajstić information content (AvgIpc) is 2.68. The molecule has 0 radical (unpaired) electrons. The first kappa shape index (κ1) is 17.8. The molecule has 7 heteroatoms. The number of carbonyl (C=O) groups excluding carboxylic acids is 1. The van der Waals surface area contributed by atoms with Crippen LogP contribution in [-0.2, 0) is 0 Å². The van der Waals surface area contributed by atoms with Gasteiger partial charge in [0.2, 0.25) is 5.95 Å². The van der Waals surface area contributed by atoms with Crippen molar-refractivity contribution in [2.45, 2.75) is 6.92 Å². The van der Waals surface area contributed by atoms with E-state index in [4.69, 9.17) is 4.74 Å². The molecule has 0 unspecified atom stereocenters. The summed E-state index contributed by atoms with van der Waals surface area (Å²) in [7, 11) is 1.99. The van der Waals surface area contributed by atoms with Crippen LogP contribution in [-0.4, -0.2) is 36.1 Å². The molecule has 1 aliphatic rings.